The van der Waals surface area contributed by atoms with E-state index in [0.717, 1.165) is 18.2 Å². The van der Waals surface area contributed by atoms with Crippen LogP contribution in [-0.4, -0.2) is 57.4 Å². The molecule has 2 aliphatic rings. The first kappa shape index (κ1) is 14.2. The molecule has 21 heavy (non-hydrogen) atoms. The Hall–Kier alpha value is -1.70. The van der Waals surface area contributed by atoms with Gasteiger partial charge in [0.2, 0.25) is 11.0 Å². The second kappa shape index (κ2) is 5.97. The molecule has 0 spiro atoms. The number of rotatable bonds is 3. The summed E-state index contributed by atoms with van der Waals surface area (Å²) in [6.45, 7) is 2.87. The first-order valence-electron chi connectivity index (χ1n) is 7.18. The van der Waals surface area contributed by atoms with E-state index in [0.29, 0.717) is 32.4 Å². The minimum absolute atomic E-state index is 0.112. The van der Waals surface area contributed by atoms with Gasteiger partial charge in [-0.3, -0.25) is 9.59 Å². The summed E-state index contributed by atoms with van der Waals surface area (Å²) in [5.74, 6) is -1.11. The minimum atomic E-state index is -0.772. The van der Waals surface area contributed by atoms with Crippen molar-refractivity contribution in [2.45, 2.75) is 19.3 Å². The second-order valence-corrected chi connectivity index (χ2v) is 6.34. The third kappa shape index (κ3) is 2.99. The molecular weight excluding hydrogens is 292 g/mol. The van der Waals surface area contributed by atoms with Crippen LogP contribution in [0.5, 0.6) is 0 Å². The van der Waals surface area contributed by atoms with Crippen LogP contribution in [0.1, 0.15) is 19.3 Å². The fourth-order valence-electron chi connectivity index (χ4n) is 3.11. The number of hydrogen-bond donors (Lipinski definition) is 1. The van der Waals surface area contributed by atoms with Gasteiger partial charge in [-0.1, -0.05) is 0 Å². The lowest BCUT2D eigenvalue weighted by Gasteiger charge is -2.35. The van der Waals surface area contributed by atoms with Gasteiger partial charge in [0.15, 0.2) is 0 Å². The lowest BCUT2D eigenvalue weighted by molar-refractivity contribution is -0.141. The topological polar surface area (TPSA) is 86.6 Å². The molecule has 1 aliphatic carbocycles. The van der Waals surface area contributed by atoms with Crippen LogP contribution in [0.4, 0.5) is 5.13 Å². The van der Waals surface area contributed by atoms with Crippen molar-refractivity contribution in [1.29, 1.82) is 0 Å². The molecule has 1 N–H and O–H groups in total. The molecule has 0 aromatic carbocycles. The monoisotopic (exact) mass is 310 g/mol. The van der Waals surface area contributed by atoms with Crippen molar-refractivity contribution in [3.05, 3.63) is 6.33 Å². The third-order valence-corrected chi connectivity index (χ3v) is 5.07. The van der Waals surface area contributed by atoms with E-state index in [9.17, 15) is 9.59 Å². The number of nitrogens with zero attached hydrogens (tertiary/aromatic N) is 4. The van der Waals surface area contributed by atoms with E-state index in [1.165, 1.54) is 11.5 Å². The van der Waals surface area contributed by atoms with Crippen LogP contribution in [0.25, 0.3) is 0 Å². The van der Waals surface area contributed by atoms with Gasteiger partial charge in [0.05, 0.1) is 5.92 Å². The van der Waals surface area contributed by atoms with Crippen LogP contribution in [0.3, 0.4) is 0 Å². The Labute approximate surface area is 126 Å². The van der Waals surface area contributed by atoms with Crippen LogP contribution >= 0.6 is 11.5 Å². The lowest BCUT2D eigenvalue weighted by atomic mass is 10.0. The van der Waals surface area contributed by atoms with E-state index in [1.54, 1.807) is 6.33 Å². The summed E-state index contributed by atoms with van der Waals surface area (Å²) < 4.78 is 3.99. The normalized spacial score (nSPS) is 26.1. The Kier molecular flexibility index (Phi) is 4.05. The van der Waals surface area contributed by atoms with Gasteiger partial charge >= 0.3 is 5.97 Å². The van der Waals surface area contributed by atoms with Gasteiger partial charge in [0.1, 0.15) is 6.33 Å². The van der Waals surface area contributed by atoms with Crippen molar-refractivity contribution in [1.82, 2.24) is 14.3 Å². The maximum absolute atomic E-state index is 12.5. The number of carbonyl (C=O) groups is 2. The third-order valence-electron chi connectivity index (χ3n) is 4.34. The predicted octanol–water partition coefficient (Wildman–Crippen LogP) is 0.688. The van der Waals surface area contributed by atoms with Crippen molar-refractivity contribution in [3.8, 4) is 0 Å². The first-order valence-corrected chi connectivity index (χ1v) is 7.95. The number of carboxylic acids is 1. The van der Waals surface area contributed by atoms with Gasteiger partial charge in [0, 0.05) is 43.6 Å². The molecule has 2 heterocycles. The van der Waals surface area contributed by atoms with Gasteiger partial charge in [-0.15, -0.1) is 0 Å². The van der Waals surface area contributed by atoms with Crippen molar-refractivity contribution in [3.63, 3.8) is 0 Å². The number of amides is 1. The molecule has 1 aromatic rings. The number of anilines is 1. The maximum atomic E-state index is 12.5. The Morgan fingerprint density at radius 2 is 1.90 bits per heavy atom. The van der Waals surface area contributed by atoms with Crippen LogP contribution in [-0.2, 0) is 9.59 Å². The van der Waals surface area contributed by atoms with Gasteiger partial charge in [-0.25, -0.2) is 4.98 Å². The molecule has 1 amide bonds. The SMILES string of the molecule is O=C(O)[C@@H]1CC[C@H](C(=O)N2CCN(c3ncns3)CC2)C1. The fourth-order valence-corrected chi connectivity index (χ4v) is 3.69. The molecule has 0 radical (unpaired) electrons. The van der Waals surface area contributed by atoms with Crippen LogP contribution < -0.4 is 4.90 Å². The predicted molar refractivity (Wildman–Crippen MR) is 77.2 cm³/mol. The summed E-state index contributed by atoms with van der Waals surface area (Å²) in [6.07, 6.45) is 3.36. The Balaban J connectivity index is 1.52. The van der Waals surface area contributed by atoms with Crippen LogP contribution in [0.2, 0.25) is 0 Å². The van der Waals surface area contributed by atoms with E-state index < -0.39 is 5.97 Å². The average molecular weight is 310 g/mol. The summed E-state index contributed by atoms with van der Waals surface area (Å²) in [5, 5.41) is 9.92. The standard InChI is InChI=1S/C13H18N4O3S/c18-11(9-1-2-10(7-9)12(19)20)16-3-5-17(6-4-16)13-14-8-15-21-13/h8-10H,1-7H2,(H,19,20)/t9-,10+/m0/s1. The highest BCUT2D eigenvalue weighted by Gasteiger charge is 2.36. The number of carboxylic acid groups (broad SMARTS) is 1. The van der Waals surface area contributed by atoms with E-state index in [4.69, 9.17) is 5.11 Å². The Bertz CT molecular complexity index is 513. The zero-order chi connectivity index (χ0) is 14.8. The average Bonchev–Trinajstić information content (AvgIpc) is 3.18. The van der Waals surface area contributed by atoms with Gasteiger partial charge < -0.3 is 14.9 Å². The first-order chi connectivity index (χ1) is 10.1. The summed E-state index contributed by atoms with van der Waals surface area (Å²) in [7, 11) is 0. The molecule has 2 atom stereocenters. The summed E-state index contributed by atoms with van der Waals surface area (Å²) >= 11 is 1.36. The molecule has 0 bridgehead atoms. The fraction of sp³-hybridized carbons (Fsp3) is 0.692. The van der Waals surface area contributed by atoms with Crippen LogP contribution in [0, 0.1) is 11.8 Å². The van der Waals surface area contributed by atoms with E-state index in [1.807, 2.05) is 4.90 Å². The zero-order valence-electron chi connectivity index (χ0n) is 11.6. The number of carbonyl (C=O) groups excluding carboxylic acids is 1. The van der Waals surface area contributed by atoms with Crippen molar-refractivity contribution in [2.24, 2.45) is 11.8 Å². The highest BCUT2D eigenvalue weighted by molar-refractivity contribution is 7.09. The smallest absolute Gasteiger partial charge is 0.306 e. The lowest BCUT2D eigenvalue weighted by Crippen LogP contribution is -2.50. The number of piperazine rings is 1. The van der Waals surface area contributed by atoms with E-state index in [2.05, 4.69) is 14.3 Å². The number of hydrogen-bond acceptors (Lipinski definition) is 6. The molecule has 1 aliphatic heterocycles. The molecule has 3 rings (SSSR count). The zero-order valence-corrected chi connectivity index (χ0v) is 12.5. The van der Waals surface area contributed by atoms with Gasteiger partial charge in [-0.2, -0.15) is 4.37 Å². The molecule has 1 saturated carbocycles. The van der Waals surface area contributed by atoms with Crippen molar-refractivity contribution >= 4 is 28.5 Å². The van der Waals surface area contributed by atoms with E-state index >= 15 is 0 Å². The highest BCUT2D eigenvalue weighted by atomic mass is 32.1. The number of aromatic nitrogens is 2. The summed E-state index contributed by atoms with van der Waals surface area (Å²) in [4.78, 5) is 31.6. The molecule has 2 fully saturated rings. The molecule has 0 unspecified atom stereocenters. The van der Waals surface area contributed by atoms with Crippen molar-refractivity contribution < 1.29 is 14.7 Å². The van der Waals surface area contributed by atoms with Crippen molar-refractivity contribution in [2.75, 3.05) is 31.1 Å². The molecular formula is C13H18N4O3S. The Morgan fingerprint density at radius 3 is 2.48 bits per heavy atom. The summed E-state index contributed by atoms with van der Waals surface area (Å²) in [6, 6.07) is 0. The minimum Gasteiger partial charge on any atom is -0.481 e. The molecule has 8 heteroatoms. The Morgan fingerprint density at radius 1 is 1.19 bits per heavy atom. The number of aliphatic carboxylic acids is 1. The maximum Gasteiger partial charge on any atom is 0.306 e. The molecule has 114 valence electrons. The molecule has 1 aromatic heterocycles. The van der Waals surface area contributed by atoms with Gasteiger partial charge in [0.25, 0.3) is 0 Å². The second-order valence-electron chi connectivity index (χ2n) is 5.58. The quantitative estimate of drug-likeness (QED) is 0.884. The van der Waals surface area contributed by atoms with E-state index in [-0.39, 0.29) is 17.7 Å². The summed E-state index contributed by atoms with van der Waals surface area (Å²) in [5.41, 5.74) is 0. The van der Waals surface area contributed by atoms with Gasteiger partial charge in [-0.05, 0) is 19.3 Å². The molecule has 1 saturated heterocycles. The van der Waals surface area contributed by atoms with Crippen LogP contribution in [0.15, 0.2) is 6.33 Å². The highest BCUT2D eigenvalue weighted by Crippen LogP contribution is 2.32. The largest absolute Gasteiger partial charge is 0.481 e. The molecule has 7 nitrogen and oxygen atoms in total.